The van der Waals surface area contributed by atoms with Crippen LogP contribution in [0.2, 0.25) is 0 Å². The van der Waals surface area contributed by atoms with Gasteiger partial charge in [-0.25, -0.2) is 0 Å². The van der Waals surface area contributed by atoms with E-state index in [1.54, 1.807) is 0 Å². The molecule has 0 radical (unpaired) electrons. The number of esters is 1. The molecule has 0 N–H and O–H groups in total. The van der Waals surface area contributed by atoms with Crippen molar-refractivity contribution in [1.82, 2.24) is 0 Å². The fourth-order valence-corrected chi connectivity index (χ4v) is 2.07. The van der Waals surface area contributed by atoms with Gasteiger partial charge < -0.3 is 9.47 Å². The van der Waals surface area contributed by atoms with E-state index in [1.165, 1.54) is 0 Å². The van der Waals surface area contributed by atoms with E-state index in [-0.39, 0.29) is 24.1 Å². The van der Waals surface area contributed by atoms with Crippen LogP contribution in [0.25, 0.3) is 0 Å². The van der Waals surface area contributed by atoms with Crippen LogP contribution in [0.5, 0.6) is 0 Å². The maximum absolute atomic E-state index is 11.1. The average Bonchev–Trinajstić information content (AvgIpc) is 2.27. The Labute approximate surface area is 102 Å². The molecule has 0 amide bonds. The Kier molecular flexibility index (Phi) is 6.14. The van der Waals surface area contributed by atoms with E-state index >= 15 is 0 Å². The van der Waals surface area contributed by atoms with Crippen LogP contribution in [0.15, 0.2) is 0 Å². The summed E-state index contributed by atoms with van der Waals surface area (Å²) in [7, 11) is 0. The molecular weight excluding hydrogens is 228 g/mol. The molecule has 0 spiro atoms. The fourth-order valence-electron chi connectivity index (χ4n) is 1.96. The van der Waals surface area contributed by atoms with Gasteiger partial charge in [-0.05, 0) is 19.3 Å². The van der Waals surface area contributed by atoms with E-state index in [2.05, 4.69) is 6.92 Å². The topological polar surface area (TPSA) is 35.5 Å². The lowest BCUT2D eigenvalue weighted by molar-refractivity contribution is -0.189. The summed E-state index contributed by atoms with van der Waals surface area (Å²) in [6.07, 6.45) is 3.77. The number of ether oxygens (including phenoxy) is 2. The molecule has 0 aliphatic carbocycles. The first-order chi connectivity index (χ1) is 7.72. The van der Waals surface area contributed by atoms with E-state index < -0.39 is 0 Å². The van der Waals surface area contributed by atoms with Crippen LogP contribution in [0.4, 0.5) is 0 Å². The molecule has 1 fully saturated rings. The highest BCUT2D eigenvalue weighted by molar-refractivity contribution is 6.17. The first kappa shape index (κ1) is 13.8. The largest absolute Gasteiger partial charge is 0.461 e. The van der Waals surface area contributed by atoms with Gasteiger partial charge in [-0.1, -0.05) is 13.8 Å². The summed E-state index contributed by atoms with van der Waals surface area (Å²) in [5.74, 6) is 0.667. The first-order valence-electron chi connectivity index (χ1n) is 6.10. The maximum atomic E-state index is 11.1. The van der Waals surface area contributed by atoms with Crippen molar-refractivity contribution in [3.05, 3.63) is 0 Å². The molecule has 4 heteroatoms. The Balaban J connectivity index is 2.25. The second-order valence-corrected chi connectivity index (χ2v) is 4.55. The summed E-state index contributed by atoms with van der Waals surface area (Å²) in [4.78, 5) is 11.1. The monoisotopic (exact) mass is 248 g/mol. The van der Waals surface area contributed by atoms with Gasteiger partial charge in [0.2, 0.25) is 0 Å². The molecule has 0 aromatic heterocycles. The number of hydrogen-bond acceptors (Lipinski definition) is 3. The van der Waals surface area contributed by atoms with Crippen LogP contribution in [0.1, 0.15) is 39.5 Å². The second-order valence-electron chi connectivity index (χ2n) is 4.17. The highest BCUT2D eigenvalue weighted by Crippen LogP contribution is 2.30. The molecule has 94 valence electrons. The number of carbonyl (C=O) groups is 1. The molecule has 1 aliphatic heterocycles. The van der Waals surface area contributed by atoms with Gasteiger partial charge in [-0.3, -0.25) is 4.79 Å². The molecule has 1 aliphatic rings. The smallest absolute Gasteiger partial charge is 0.313 e. The van der Waals surface area contributed by atoms with E-state index in [4.69, 9.17) is 21.1 Å². The lowest BCUT2D eigenvalue weighted by Gasteiger charge is -2.36. The quantitative estimate of drug-likeness (QED) is 0.376. The summed E-state index contributed by atoms with van der Waals surface area (Å²) >= 11 is 5.59. The Morgan fingerprint density at radius 1 is 1.50 bits per heavy atom. The van der Waals surface area contributed by atoms with Crippen molar-refractivity contribution in [3.63, 3.8) is 0 Å². The Morgan fingerprint density at radius 3 is 2.75 bits per heavy atom. The summed E-state index contributed by atoms with van der Waals surface area (Å²) in [6.45, 7) is 4.81. The zero-order chi connectivity index (χ0) is 12.0. The molecule has 0 aromatic rings. The summed E-state index contributed by atoms with van der Waals surface area (Å²) < 4.78 is 10.8. The lowest BCUT2D eigenvalue weighted by atomic mass is 9.89. The van der Waals surface area contributed by atoms with Gasteiger partial charge in [0.05, 0.1) is 12.0 Å². The number of carbonyl (C=O) groups excluding carboxylic acids is 1. The minimum Gasteiger partial charge on any atom is -0.461 e. The van der Waals surface area contributed by atoms with Gasteiger partial charge in [0, 0.05) is 18.9 Å². The number of halogens is 1. The van der Waals surface area contributed by atoms with Crippen molar-refractivity contribution in [2.24, 2.45) is 5.92 Å². The zero-order valence-electron chi connectivity index (χ0n) is 10.1. The van der Waals surface area contributed by atoms with Crippen LogP contribution in [-0.2, 0) is 14.3 Å². The van der Waals surface area contributed by atoms with E-state index in [0.29, 0.717) is 12.5 Å². The van der Waals surface area contributed by atoms with Crippen LogP contribution < -0.4 is 0 Å². The fraction of sp³-hybridized carbons (Fsp3) is 0.917. The van der Waals surface area contributed by atoms with Crippen molar-refractivity contribution < 1.29 is 14.3 Å². The van der Waals surface area contributed by atoms with Crippen molar-refractivity contribution in [3.8, 4) is 0 Å². The van der Waals surface area contributed by atoms with E-state index in [9.17, 15) is 4.79 Å². The van der Waals surface area contributed by atoms with Gasteiger partial charge >= 0.3 is 5.97 Å². The number of cyclic esters (lactones) is 1. The third-order valence-electron chi connectivity index (χ3n) is 3.04. The van der Waals surface area contributed by atoms with Crippen LogP contribution in [0, 0.1) is 5.92 Å². The molecule has 3 atom stereocenters. The number of rotatable bonds is 8. The Morgan fingerprint density at radius 2 is 2.25 bits per heavy atom. The molecule has 3 unspecified atom stereocenters. The molecular formula is C12H21ClO3. The minimum atomic E-state index is -0.0527. The van der Waals surface area contributed by atoms with Gasteiger partial charge in [0.15, 0.2) is 0 Å². The lowest BCUT2D eigenvalue weighted by Crippen LogP contribution is -2.46. The van der Waals surface area contributed by atoms with Crippen LogP contribution >= 0.6 is 11.6 Å². The summed E-state index contributed by atoms with van der Waals surface area (Å²) in [6, 6.07) is 0. The van der Waals surface area contributed by atoms with Crippen LogP contribution in [-0.4, -0.2) is 30.7 Å². The van der Waals surface area contributed by atoms with Gasteiger partial charge in [-0.15, -0.1) is 11.6 Å². The number of hydrogen-bond donors (Lipinski definition) is 0. The molecule has 3 nitrogen and oxygen atoms in total. The predicted octanol–water partition coefficient (Wildman–Crippen LogP) is 2.75. The van der Waals surface area contributed by atoms with Crippen LogP contribution in [0.3, 0.4) is 0 Å². The third-order valence-corrected chi connectivity index (χ3v) is 3.31. The van der Waals surface area contributed by atoms with E-state index in [0.717, 1.165) is 25.7 Å². The first-order valence-corrected chi connectivity index (χ1v) is 6.64. The number of alkyl halides is 1. The average molecular weight is 249 g/mol. The molecule has 0 aromatic carbocycles. The molecule has 1 saturated heterocycles. The second kappa shape index (κ2) is 7.13. The molecule has 1 rings (SSSR count). The standard InChI is InChI=1S/C12H21ClO3/c1-3-9(15-7-5-6-13)8-11-10(4-2)12(14)16-11/h9-11H,3-8H2,1-2H3. The van der Waals surface area contributed by atoms with Crippen molar-refractivity contribution in [2.75, 3.05) is 12.5 Å². The van der Waals surface area contributed by atoms with Gasteiger partial charge in [-0.2, -0.15) is 0 Å². The summed E-state index contributed by atoms with van der Waals surface area (Å²) in [5, 5.41) is 0. The molecule has 0 bridgehead atoms. The van der Waals surface area contributed by atoms with Gasteiger partial charge in [0.1, 0.15) is 6.10 Å². The highest BCUT2D eigenvalue weighted by Gasteiger charge is 2.41. The van der Waals surface area contributed by atoms with Crippen molar-refractivity contribution in [1.29, 1.82) is 0 Å². The molecule has 1 heterocycles. The SMILES string of the molecule is CCC(CC1OC(=O)C1CC)OCCCCl. The maximum Gasteiger partial charge on any atom is 0.313 e. The van der Waals surface area contributed by atoms with E-state index in [1.807, 2.05) is 6.92 Å². The minimum absolute atomic E-state index is 0.0527. The summed E-state index contributed by atoms with van der Waals surface area (Å²) in [5.41, 5.74) is 0. The normalized spacial score (nSPS) is 26.1. The molecule has 16 heavy (non-hydrogen) atoms. The zero-order valence-corrected chi connectivity index (χ0v) is 10.8. The van der Waals surface area contributed by atoms with Crippen molar-refractivity contribution >= 4 is 17.6 Å². The molecule has 0 saturated carbocycles. The Hall–Kier alpha value is -0.280. The van der Waals surface area contributed by atoms with Gasteiger partial charge in [0.25, 0.3) is 0 Å². The third kappa shape index (κ3) is 3.63. The Bertz CT molecular complexity index is 220. The predicted molar refractivity (Wildman–Crippen MR) is 63.6 cm³/mol. The highest BCUT2D eigenvalue weighted by atomic mass is 35.5. The van der Waals surface area contributed by atoms with Crippen molar-refractivity contribution in [2.45, 2.75) is 51.7 Å².